The zero-order valence-corrected chi connectivity index (χ0v) is 14.7. The average molecular weight is 318 g/mol. The number of aryl methyl sites for hydroxylation is 1. The molecule has 2 rings (SSSR count). The van der Waals surface area contributed by atoms with Gasteiger partial charge in [0.25, 0.3) is 0 Å². The number of rotatable bonds is 9. The van der Waals surface area contributed by atoms with Gasteiger partial charge < -0.3 is 9.47 Å². The van der Waals surface area contributed by atoms with E-state index in [1.54, 1.807) is 0 Å². The first-order chi connectivity index (χ1) is 11.3. The van der Waals surface area contributed by atoms with Gasteiger partial charge in [0.15, 0.2) is 18.7 Å². The molecule has 3 nitrogen and oxygen atoms in total. The maximum Gasteiger partial charge on any atom is 0.184 e. The Hall–Kier alpha value is -1.19. The standard InChI is InChI=1S/C20H32NO2/c1-3-4-5-6-7-8-9-10-11-18-16-22-20(23-17-18)19-12-14-21(2)15-13-19/h10-15,18,20H,3-9,16-17H2,1-2H3/q+1/b11-10+. The van der Waals surface area contributed by atoms with E-state index in [4.69, 9.17) is 9.47 Å². The Morgan fingerprint density at radius 1 is 1.04 bits per heavy atom. The van der Waals surface area contributed by atoms with Crippen LogP contribution in [0.1, 0.15) is 63.7 Å². The quantitative estimate of drug-likeness (QED) is 0.380. The number of ether oxygens (including phenoxy) is 2. The summed E-state index contributed by atoms with van der Waals surface area (Å²) in [5.74, 6) is 0.395. The molecule has 0 spiro atoms. The molecule has 0 aliphatic carbocycles. The van der Waals surface area contributed by atoms with Crippen LogP contribution in [-0.2, 0) is 16.5 Å². The van der Waals surface area contributed by atoms with Gasteiger partial charge >= 0.3 is 0 Å². The zero-order valence-electron chi connectivity index (χ0n) is 14.7. The molecule has 0 aromatic carbocycles. The Kier molecular flexibility index (Phi) is 8.33. The molecule has 128 valence electrons. The zero-order chi connectivity index (χ0) is 16.3. The summed E-state index contributed by atoms with van der Waals surface area (Å²) in [6, 6.07) is 4.11. The molecule has 1 aliphatic rings. The maximum atomic E-state index is 5.86. The lowest BCUT2D eigenvalue weighted by Crippen LogP contribution is -2.29. The minimum Gasteiger partial charge on any atom is -0.348 e. The smallest absolute Gasteiger partial charge is 0.184 e. The van der Waals surface area contributed by atoms with Crippen molar-refractivity contribution in [2.45, 2.75) is 58.2 Å². The molecule has 0 radical (unpaired) electrons. The Morgan fingerprint density at radius 3 is 2.39 bits per heavy atom. The summed E-state index contributed by atoms with van der Waals surface area (Å²) in [6.07, 6.45) is 17.7. The second kappa shape index (κ2) is 10.6. The van der Waals surface area contributed by atoms with Crippen LogP contribution in [-0.4, -0.2) is 13.2 Å². The second-order valence-corrected chi connectivity index (χ2v) is 6.54. The lowest BCUT2D eigenvalue weighted by molar-refractivity contribution is -0.671. The molecule has 1 aliphatic heterocycles. The fourth-order valence-corrected chi connectivity index (χ4v) is 2.82. The van der Waals surface area contributed by atoms with Crippen molar-refractivity contribution in [2.24, 2.45) is 13.0 Å². The molecule has 0 unspecified atom stereocenters. The highest BCUT2D eigenvalue weighted by atomic mass is 16.7. The monoisotopic (exact) mass is 318 g/mol. The van der Waals surface area contributed by atoms with Gasteiger partial charge in [0.2, 0.25) is 0 Å². The molecule has 3 heteroatoms. The van der Waals surface area contributed by atoms with Gasteiger partial charge in [-0.25, -0.2) is 4.57 Å². The van der Waals surface area contributed by atoms with E-state index in [-0.39, 0.29) is 6.29 Å². The maximum absolute atomic E-state index is 5.86. The number of allylic oxidation sites excluding steroid dienone is 1. The number of pyridine rings is 1. The van der Waals surface area contributed by atoms with Crippen molar-refractivity contribution >= 4 is 0 Å². The van der Waals surface area contributed by atoms with Crippen LogP contribution in [0.15, 0.2) is 36.7 Å². The Balaban J connectivity index is 1.59. The van der Waals surface area contributed by atoms with Gasteiger partial charge in [-0.05, 0) is 12.8 Å². The van der Waals surface area contributed by atoms with Gasteiger partial charge in [0.1, 0.15) is 7.05 Å². The van der Waals surface area contributed by atoms with Crippen molar-refractivity contribution in [3.63, 3.8) is 0 Å². The van der Waals surface area contributed by atoms with Crippen molar-refractivity contribution in [3.05, 3.63) is 42.2 Å². The van der Waals surface area contributed by atoms with E-state index in [9.17, 15) is 0 Å². The van der Waals surface area contributed by atoms with Crippen LogP contribution in [0.5, 0.6) is 0 Å². The molecule has 1 aromatic heterocycles. The molecule has 2 heterocycles. The third kappa shape index (κ3) is 6.84. The van der Waals surface area contributed by atoms with E-state index in [0.717, 1.165) is 18.8 Å². The number of hydrogen-bond donors (Lipinski definition) is 0. The van der Waals surface area contributed by atoms with Crippen LogP contribution in [0, 0.1) is 5.92 Å². The van der Waals surface area contributed by atoms with E-state index in [1.165, 1.54) is 44.9 Å². The van der Waals surface area contributed by atoms with E-state index < -0.39 is 0 Å². The predicted octanol–water partition coefficient (Wildman–Crippen LogP) is 4.48. The van der Waals surface area contributed by atoms with Gasteiger partial charge in [0.05, 0.1) is 13.2 Å². The summed E-state index contributed by atoms with van der Waals surface area (Å²) in [4.78, 5) is 0. The fourth-order valence-electron chi connectivity index (χ4n) is 2.82. The molecular formula is C20H32NO2+. The fraction of sp³-hybridized carbons (Fsp3) is 0.650. The van der Waals surface area contributed by atoms with Crippen molar-refractivity contribution < 1.29 is 14.0 Å². The normalized spacial score (nSPS) is 21.8. The highest BCUT2D eigenvalue weighted by Gasteiger charge is 2.22. The number of unbranched alkanes of at least 4 members (excludes halogenated alkanes) is 6. The van der Waals surface area contributed by atoms with E-state index in [1.807, 2.05) is 24.0 Å². The summed E-state index contributed by atoms with van der Waals surface area (Å²) in [5.41, 5.74) is 1.10. The van der Waals surface area contributed by atoms with Gasteiger partial charge in [-0.15, -0.1) is 0 Å². The van der Waals surface area contributed by atoms with E-state index in [2.05, 4.69) is 31.2 Å². The summed E-state index contributed by atoms with van der Waals surface area (Å²) in [5, 5.41) is 0. The topological polar surface area (TPSA) is 22.3 Å². The third-order valence-electron chi connectivity index (χ3n) is 4.33. The first kappa shape index (κ1) is 18.2. The highest BCUT2D eigenvalue weighted by Crippen LogP contribution is 2.24. The van der Waals surface area contributed by atoms with Gasteiger partial charge in [-0.3, -0.25) is 0 Å². The van der Waals surface area contributed by atoms with Crippen LogP contribution >= 0.6 is 0 Å². The second-order valence-electron chi connectivity index (χ2n) is 6.54. The summed E-state index contributed by atoms with van der Waals surface area (Å²) >= 11 is 0. The Labute approximate surface area is 141 Å². The van der Waals surface area contributed by atoms with Crippen molar-refractivity contribution in [1.29, 1.82) is 0 Å². The minimum atomic E-state index is -0.209. The summed E-state index contributed by atoms with van der Waals surface area (Å²) in [6.45, 7) is 3.76. The van der Waals surface area contributed by atoms with Gasteiger partial charge in [-0.2, -0.15) is 0 Å². The minimum absolute atomic E-state index is 0.209. The van der Waals surface area contributed by atoms with Gasteiger partial charge in [-0.1, -0.05) is 51.2 Å². The largest absolute Gasteiger partial charge is 0.348 e. The van der Waals surface area contributed by atoms with Crippen LogP contribution in [0.3, 0.4) is 0 Å². The molecule has 1 saturated heterocycles. The molecule has 0 bridgehead atoms. The Morgan fingerprint density at radius 2 is 1.70 bits per heavy atom. The molecule has 1 fully saturated rings. The molecule has 23 heavy (non-hydrogen) atoms. The lowest BCUT2D eigenvalue weighted by atomic mass is 10.1. The van der Waals surface area contributed by atoms with Crippen LogP contribution in [0.25, 0.3) is 0 Å². The molecule has 1 aromatic rings. The van der Waals surface area contributed by atoms with E-state index >= 15 is 0 Å². The number of nitrogens with zero attached hydrogens (tertiary/aromatic N) is 1. The first-order valence-corrected chi connectivity index (χ1v) is 9.14. The predicted molar refractivity (Wildman–Crippen MR) is 92.9 cm³/mol. The molecule has 0 atom stereocenters. The van der Waals surface area contributed by atoms with Crippen LogP contribution in [0.2, 0.25) is 0 Å². The molecular weight excluding hydrogens is 286 g/mol. The number of aromatic nitrogens is 1. The molecule has 0 saturated carbocycles. The van der Waals surface area contributed by atoms with Crippen LogP contribution < -0.4 is 4.57 Å². The average Bonchev–Trinajstić information content (AvgIpc) is 2.59. The van der Waals surface area contributed by atoms with Gasteiger partial charge in [0, 0.05) is 23.6 Å². The summed E-state index contributed by atoms with van der Waals surface area (Å²) < 4.78 is 13.7. The van der Waals surface area contributed by atoms with Crippen molar-refractivity contribution in [2.75, 3.05) is 13.2 Å². The Bertz CT molecular complexity index is 447. The van der Waals surface area contributed by atoms with Crippen molar-refractivity contribution in [3.8, 4) is 0 Å². The van der Waals surface area contributed by atoms with E-state index in [0.29, 0.717) is 5.92 Å². The third-order valence-corrected chi connectivity index (χ3v) is 4.33. The molecule has 0 amide bonds. The van der Waals surface area contributed by atoms with Crippen molar-refractivity contribution in [1.82, 2.24) is 0 Å². The SMILES string of the molecule is CCCCCCCC/C=C/C1COC(c2cc[n+](C)cc2)OC1. The highest BCUT2D eigenvalue weighted by molar-refractivity contribution is 5.09. The summed E-state index contributed by atoms with van der Waals surface area (Å²) in [7, 11) is 2.01. The lowest BCUT2D eigenvalue weighted by Gasteiger charge is -2.27. The first-order valence-electron chi connectivity index (χ1n) is 9.14. The van der Waals surface area contributed by atoms with Crippen LogP contribution in [0.4, 0.5) is 0 Å². The number of hydrogen-bond acceptors (Lipinski definition) is 2. The molecule has 0 N–H and O–H groups in total.